The number of pyridine rings is 1. The Kier molecular flexibility index (Phi) is 4.69. The molecule has 0 unspecified atom stereocenters. The van der Waals surface area contributed by atoms with Crippen LogP contribution in [-0.2, 0) is 10.1 Å². The number of ether oxygens (including phenoxy) is 1. The van der Waals surface area contributed by atoms with Crippen LogP contribution in [0.15, 0.2) is 77.8 Å². The molecule has 0 N–H and O–H groups in total. The highest BCUT2D eigenvalue weighted by molar-refractivity contribution is 7.87. The molecule has 0 spiro atoms. The Bertz CT molecular complexity index is 928. The molecule has 5 nitrogen and oxygen atoms in total. The minimum atomic E-state index is -3.95. The van der Waals surface area contributed by atoms with Crippen LogP contribution < -0.4 is 8.92 Å². The van der Waals surface area contributed by atoms with Gasteiger partial charge in [0.05, 0.1) is 0 Å². The molecule has 1 heterocycles. The average molecular weight is 362 g/mol. The molecule has 24 heavy (non-hydrogen) atoms. The van der Waals surface area contributed by atoms with Crippen molar-refractivity contribution in [2.75, 3.05) is 0 Å². The minimum absolute atomic E-state index is 0.0104. The molecule has 0 radical (unpaired) electrons. The Morgan fingerprint density at radius 1 is 0.875 bits per heavy atom. The van der Waals surface area contributed by atoms with Gasteiger partial charge < -0.3 is 8.92 Å². The van der Waals surface area contributed by atoms with Crippen LogP contribution in [0.4, 0.5) is 0 Å². The molecule has 0 amide bonds. The second-order valence-electron chi connectivity index (χ2n) is 4.74. The highest BCUT2D eigenvalue weighted by atomic mass is 35.5. The van der Waals surface area contributed by atoms with E-state index in [0.29, 0.717) is 16.7 Å². The van der Waals surface area contributed by atoms with Gasteiger partial charge in [0.15, 0.2) is 0 Å². The van der Waals surface area contributed by atoms with Crippen LogP contribution in [0.3, 0.4) is 0 Å². The fourth-order valence-corrected chi connectivity index (χ4v) is 3.12. The van der Waals surface area contributed by atoms with Crippen LogP contribution in [0.25, 0.3) is 0 Å². The SMILES string of the molecule is O=S(=O)(Oc1ccc(Oc2ccccn2)cc1)c1cccc(Cl)c1. The summed E-state index contributed by atoms with van der Waals surface area (Å²) in [5, 5.41) is 0.318. The van der Waals surface area contributed by atoms with Gasteiger partial charge >= 0.3 is 10.1 Å². The van der Waals surface area contributed by atoms with E-state index in [1.165, 1.54) is 24.3 Å². The zero-order valence-corrected chi connectivity index (χ0v) is 13.9. The minimum Gasteiger partial charge on any atom is -0.439 e. The molecule has 0 bridgehead atoms. The van der Waals surface area contributed by atoms with Crippen LogP contribution in [0.2, 0.25) is 5.02 Å². The normalized spacial score (nSPS) is 11.0. The lowest BCUT2D eigenvalue weighted by Gasteiger charge is -2.08. The van der Waals surface area contributed by atoms with Crippen LogP contribution in [-0.4, -0.2) is 13.4 Å². The predicted octanol–water partition coefficient (Wildman–Crippen LogP) is 4.30. The summed E-state index contributed by atoms with van der Waals surface area (Å²) < 4.78 is 35.0. The summed E-state index contributed by atoms with van der Waals surface area (Å²) in [7, 11) is -3.95. The van der Waals surface area contributed by atoms with Crippen LogP contribution in [0.1, 0.15) is 0 Å². The van der Waals surface area contributed by atoms with Gasteiger partial charge in [-0.15, -0.1) is 0 Å². The molecule has 0 aliphatic heterocycles. The van der Waals surface area contributed by atoms with E-state index >= 15 is 0 Å². The number of hydrogen-bond donors (Lipinski definition) is 0. The molecule has 7 heteroatoms. The van der Waals surface area contributed by atoms with Gasteiger partial charge in [-0.05, 0) is 48.5 Å². The molecule has 122 valence electrons. The lowest BCUT2D eigenvalue weighted by molar-refractivity contribution is 0.459. The Labute approximate surface area is 144 Å². The first-order chi connectivity index (χ1) is 11.5. The van der Waals surface area contributed by atoms with E-state index in [2.05, 4.69) is 4.98 Å². The second kappa shape index (κ2) is 6.90. The number of rotatable bonds is 5. The monoisotopic (exact) mass is 361 g/mol. The highest BCUT2D eigenvalue weighted by Crippen LogP contribution is 2.25. The van der Waals surface area contributed by atoms with Gasteiger partial charge in [-0.25, -0.2) is 4.98 Å². The number of aromatic nitrogens is 1. The van der Waals surface area contributed by atoms with Crippen molar-refractivity contribution in [3.05, 3.63) is 77.9 Å². The number of nitrogens with zero attached hydrogens (tertiary/aromatic N) is 1. The smallest absolute Gasteiger partial charge is 0.339 e. The van der Waals surface area contributed by atoms with Gasteiger partial charge in [0.25, 0.3) is 0 Å². The predicted molar refractivity (Wildman–Crippen MR) is 90.0 cm³/mol. The molecular weight excluding hydrogens is 350 g/mol. The maximum atomic E-state index is 12.2. The third-order valence-electron chi connectivity index (χ3n) is 2.97. The lowest BCUT2D eigenvalue weighted by Crippen LogP contribution is -2.09. The summed E-state index contributed by atoms with van der Waals surface area (Å²) >= 11 is 5.81. The van der Waals surface area contributed by atoms with E-state index < -0.39 is 10.1 Å². The number of halogens is 1. The summed E-state index contributed by atoms with van der Waals surface area (Å²) in [6, 6.07) is 17.4. The standard InChI is InChI=1S/C17H12ClNO4S/c18-13-4-3-5-16(12-13)24(20,21)23-15-9-7-14(8-10-15)22-17-6-1-2-11-19-17/h1-12H. The third kappa shape index (κ3) is 4.04. The second-order valence-corrected chi connectivity index (χ2v) is 6.72. The Morgan fingerprint density at radius 2 is 1.62 bits per heavy atom. The topological polar surface area (TPSA) is 65.5 Å². The molecule has 3 aromatic rings. The third-order valence-corrected chi connectivity index (χ3v) is 4.45. The van der Waals surface area contributed by atoms with E-state index in [0.717, 1.165) is 0 Å². The zero-order chi connectivity index (χ0) is 17.0. The largest absolute Gasteiger partial charge is 0.439 e. The van der Waals surface area contributed by atoms with E-state index in [-0.39, 0.29) is 10.6 Å². The first kappa shape index (κ1) is 16.3. The average Bonchev–Trinajstić information content (AvgIpc) is 2.57. The molecule has 1 aromatic heterocycles. The van der Waals surface area contributed by atoms with Crippen molar-refractivity contribution in [3.8, 4) is 17.4 Å². The van der Waals surface area contributed by atoms with Crippen molar-refractivity contribution in [3.63, 3.8) is 0 Å². The van der Waals surface area contributed by atoms with Crippen molar-refractivity contribution in [2.45, 2.75) is 4.90 Å². The molecule has 3 rings (SSSR count). The molecule has 0 aliphatic rings. The molecule has 0 aliphatic carbocycles. The summed E-state index contributed by atoms with van der Waals surface area (Å²) in [6.45, 7) is 0. The van der Waals surface area contributed by atoms with E-state index in [1.807, 2.05) is 0 Å². The maximum Gasteiger partial charge on any atom is 0.339 e. The quantitative estimate of drug-likeness (QED) is 0.634. The van der Waals surface area contributed by atoms with Crippen LogP contribution in [0, 0.1) is 0 Å². The Hall–Kier alpha value is -2.57. The van der Waals surface area contributed by atoms with Gasteiger partial charge in [-0.2, -0.15) is 8.42 Å². The fraction of sp³-hybridized carbons (Fsp3) is 0. The Morgan fingerprint density at radius 3 is 2.29 bits per heavy atom. The molecule has 0 saturated carbocycles. The molecule has 2 aromatic carbocycles. The summed E-state index contributed by atoms with van der Waals surface area (Å²) in [6.07, 6.45) is 1.62. The first-order valence-corrected chi connectivity index (χ1v) is 8.70. The van der Waals surface area contributed by atoms with Crippen molar-refractivity contribution >= 4 is 21.7 Å². The molecular formula is C17H12ClNO4S. The van der Waals surface area contributed by atoms with E-state index in [4.69, 9.17) is 20.5 Å². The van der Waals surface area contributed by atoms with Gasteiger partial charge in [0.2, 0.25) is 5.88 Å². The maximum absolute atomic E-state index is 12.2. The molecule has 0 fully saturated rings. The van der Waals surface area contributed by atoms with Crippen molar-refractivity contribution in [1.82, 2.24) is 4.98 Å². The fourth-order valence-electron chi connectivity index (χ4n) is 1.89. The van der Waals surface area contributed by atoms with Gasteiger partial charge in [0, 0.05) is 17.3 Å². The van der Waals surface area contributed by atoms with Gasteiger partial charge in [-0.1, -0.05) is 23.7 Å². The lowest BCUT2D eigenvalue weighted by atomic mass is 10.3. The number of benzene rings is 2. The highest BCUT2D eigenvalue weighted by Gasteiger charge is 2.17. The van der Waals surface area contributed by atoms with Crippen molar-refractivity contribution in [2.24, 2.45) is 0 Å². The van der Waals surface area contributed by atoms with Gasteiger partial charge in [0.1, 0.15) is 16.4 Å². The van der Waals surface area contributed by atoms with Crippen molar-refractivity contribution in [1.29, 1.82) is 0 Å². The summed E-state index contributed by atoms with van der Waals surface area (Å²) in [4.78, 5) is 4.03. The first-order valence-electron chi connectivity index (χ1n) is 6.92. The van der Waals surface area contributed by atoms with Crippen LogP contribution in [0.5, 0.6) is 17.4 Å². The molecule has 0 saturated heterocycles. The van der Waals surface area contributed by atoms with E-state index in [9.17, 15) is 8.42 Å². The summed E-state index contributed by atoms with van der Waals surface area (Å²) in [5.41, 5.74) is 0. The van der Waals surface area contributed by atoms with Gasteiger partial charge in [-0.3, -0.25) is 0 Å². The van der Waals surface area contributed by atoms with Crippen molar-refractivity contribution < 1.29 is 17.3 Å². The Balaban J connectivity index is 1.74. The zero-order valence-electron chi connectivity index (χ0n) is 12.3. The van der Waals surface area contributed by atoms with E-state index in [1.54, 1.807) is 48.7 Å². The summed E-state index contributed by atoms with van der Waals surface area (Å²) in [5.74, 6) is 1.13. The number of hydrogen-bond acceptors (Lipinski definition) is 5. The van der Waals surface area contributed by atoms with Crippen LogP contribution >= 0.6 is 11.6 Å². The molecule has 0 atom stereocenters.